The normalized spacial score (nSPS) is 57.1. The Kier molecular flexibility index (Phi) is 1.36. The molecule has 0 nitrogen and oxygen atoms in total. The zero-order valence-corrected chi connectivity index (χ0v) is 8.52. The van der Waals surface area contributed by atoms with Gasteiger partial charge in [0.2, 0.25) is 6.08 Å². The molecule has 6 atom stereocenters. The molecule has 0 aromatic heterocycles. The highest BCUT2D eigenvalue weighted by molar-refractivity contribution is 5.15. The molecule has 0 radical (unpaired) electrons. The molecular formula is C14H17+. The molecule has 4 bridgehead atoms. The van der Waals surface area contributed by atoms with Crippen molar-refractivity contribution in [2.75, 3.05) is 0 Å². The summed E-state index contributed by atoms with van der Waals surface area (Å²) in [5.74, 6) is 5.74. The molecule has 4 aliphatic rings. The monoisotopic (exact) mass is 185 g/mol. The Morgan fingerprint density at radius 2 is 1.79 bits per heavy atom. The van der Waals surface area contributed by atoms with Crippen molar-refractivity contribution in [2.24, 2.45) is 35.5 Å². The first-order valence-corrected chi connectivity index (χ1v) is 6.18. The van der Waals surface area contributed by atoms with Crippen LogP contribution < -0.4 is 0 Å². The molecule has 0 N–H and O–H groups in total. The lowest BCUT2D eigenvalue weighted by molar-refractivity contribution is 0.248. The number of hydrogen-bond donors (Lipinski definition) is 0. The van der Waals surface area contributed by atoms with E-state index in [1.54, 1.807) is 0 Å². The van der Waals surface area contributed by atoms with Gasteiger partial charge >= 0.3 is 0 Å². The van der Waals surface area contributed by atoms with Crippen LogP contribution in [0.1, 0.15) is 25.7 Å². The van der Waals surface area contributed by atoms with Crippen molar-refractivity contribution in [3.63, 3.8) is 0 Å². The van der Waals surface area contributed by atoms with Gasteiger partial charge in [-0.1, -0.05) is 12.2 Å². The maximum Gasteiger partial charge on any atom is 0.221 e. The van der Waals surface area contributed by atoms with Gasteiger partial charge in [-0.2, -0.15) is 0 Å². The molecule has 0 heteroatoms. The van der Waals surface area contributed by atoms with E-state index in [1.807, 2.05) is 0 Å². The molecule has 0 saturated heterocycles. The van der Waals surface area contributed by atoms with E-state index in [0.717, 1.165) is 35.5 Å². The molecule has 2 fully saturated rings. The topological polar surface area (TPSA) is 0 Å². The van der Waals surface area contributed by atoms with Crippen molar-refractivity contribution in [1.29, 1.82) is 0 Å². The van der Waals surface area contributed by atoms with Crippen molar-refractivity contribution in [2.45, 2.75) is 25.7 Å². The fourth-order valence-electron chi connectivity index (χ4n) is 4.50. The molecule has 0 amide bonds. The lowest BCUT2D eigenvalue weighted by atomic mass is 9.75. The third-order valence-corrected chi connectivity index (χ3v) is 5.09. The van der Waals surface area contributed by atoms with Crippen molar-refractivity contribution < 1.29 is 0 Å². The van der Waals surface area contributed by atoms with E-state index in [0.29, 0.717) is 0 Å². The van der Waals surface area contributed by atoms with Crippen LogP contribution in [0.25, 0.3) is 0 Å². The van der Waals surface area contributed by atoms with Crippen LogP contribution in [-0.2, 0) is 0 Å². The Balaban J connectivity index is 1.60. The number of hydrogen-bond acceptors (Lipinski definition) is 0. The fraction of sp³-hybridized carbons (Fsp3) is 0.714. The maximum atomic E-state index is 3.51. The summed E-state index contributed by atoms with van der Waals surface area (Å²) in [6.45, 7) is 0. The average molecular weight is 185 g/mol. The predicted octanol–water partition coefficient (Wildman–Crippen LogP) is 3.21. The van der Waals surface area contributed by atoms with Crippen molar-refractivity contribution in [3.05, 3.63) is 24.3 Å². The van der Waals surface area contributed by atoms with Crippen LogP contribution in [0, 0.1) is 41.6 Å². The van der Waals surface area contributed by atoms with Gasteiger partial charge in [-0.15, -0.1) is 0 Å². The molecule has 14 heavy (non-hydrogen) atoms. The SMILES string of the molecule is [C+]1=CC2CC1CC2C1CC2C=CC1C2. The third kappa shape index (κ3) is 0.880. The van der Waals surface area contributed by atoms with E-state index in [4.69, 9.17) is 0 Å². The number of allylic oxidation sites excluding steroid dienone is 4. The van der Waals surface area contributed by atoms with Gasteiger partial charge in [0.25, 0.3) is 0 Å². The smallest absolute Gasteiger partial charge is 0.0851 e. The van der Waals surface area contributed by atoms with E-state index in [-0.39, 0.29) is 0 Å². The molecule has 6 unspecified atom stereocenters. The highest BCUT2D eigenvalue weighted by atomic mass is 14.5. The zero-order valence-electron chi connectivity index (χ0n) is 8.52. The third-order valence-electron chi connectivity index (χ3n) is 5.09. The molecule has 0 spiro atoms. The second-order valence-corrected chi connectivity index (χ2v) is 5.77. The van der Waals surface area contributed by atoms with Crippen LogP contribution in [0.15, 0.2) is 18.2 Å². The first-order valence-electron chi connectivity index (χ1n) is 6.18. The highest BCUT2D eigenvalue weighted by Crippen LogP contribution is 2.55. The minimum Gasteiger partial charge on any atom is -0.0851 e. The van der Waals surface area contributed by atoms with Gasteiger partial charge in [0.15, 0.2) is 12.0 Å². The summed E-state index contributed by atoms with van der Waals surface area (Å²) in [7, 11) is 0. The largest absolute Gasteiger partial charge is 0.221 e. The van der Waals surface area contributed by atoms with E-state index in [2.05, 4.69) is 24.3 Å². The Labute approximate surface area is 86.1 Å². The van der Waals surface area contributed by atoms with E-state index >= 15 is 0 Å². The first kappa shape index (κ1) is 7.65. The van der Waals surface area contributed by atoms with E-state index in [9.17, 15) is 0 Å². The molecule has 0 aromatic rings. The zero-order chi connectivity index (χ0) is 9.12. The summed E-state index contributed by atoms with van der Waals surface area (Å²) in [6.07, 6.45) is 16.8. The Bertz CT molecular complexity index is 280. The minimum atomic E-state index is 0.841. The molecular weight excluding hydrogens is 168 g/mol. The van der Waals surface area contributed by atoms with Crippen molar-refractivity contribution in [1.82, 2.24) is 0 Å². The van der Waals surface area contributed by atoms with Crippen LogP contribution in [0.3, 0.4) is 0 Å². The summed E-state index contributed by atoms with van der Waals surface area (Å²) in [4.78, 5) is 0. The predicted molar refractivity (Wildman–Crippen MR) is 56.4 cm³/mol. The summed E-state index contributed by atoms with van der Waals surface area (Å²) >= 11 is 0. The van der Waals surface area contributed by atoms with Crippen LogP contribution in [0.4, 0.5) is 0 Å². The first-order chi connectivity index (χ1) is 6.90. The lowest BCUT2D eigenvalue weighted by Crippen LogP contribution is -2.22. The van der Waals surface area contributed by atoms with Gasteiger partial charge in [0.05, 0.1) is 0 Å². The van der Waals surface area contributed by atoms with Gasteiger partial charge in [-0.25, -0.2) is 0 Å². The second kappa shape index (κ2) is 2.49. The molecule has 4 aliphatic carbocycles. The standard InChI is InChI=1S/C14H17/c1-3-11-5-9(1)7-13(11)14-8-10-2-4-12(14)6-10/h1,3-4,9-14H,5-8H2/q+1. The fourth-order valence-corrected chi connectivity index (χ4v) is 4.50. The summed E-state index contributed by atoms with van der Waals surface area (Å²) < 4.78 is 0. The molecule has 0 aromatic carbocycles. The van der Waals surface area contributed by atoms with Crippen molar-refractivity contribution >= 4 is 0 Å². The molecule has 72 valence electrons. The number of fused-ring (bicyclic) bond motifs is 4. The summed E-state index contributed by atoms with van der Waals surface area (Å²) in [5, 5.41) is 0. The Morgan fingerprint density at radius 3 is 2.36 bits per heavy atom. The quantitative estimate of drug-likeness (QED) is 0.434. The van der Waals surface area contributed by atoms with Crippen LogP contribution in [-0.4, -0.2) is 0 Å². The van der Waals surface area contributed by atoms with Gasteiger partial charge in [-0.3, -0.25) is 0 Å². The van der Waals surface area contributed by atoms with Crippen molar-refractivity contribution in [3.8, 4) is 0 Å². The summed E-state index contributed by atoms with van der Waals surface area (Å²) in [6, 6.07) is 0. The number of rotatable bonds is 1. The molecule has 2 saturated carbocycles. The Morgan fingerprint density at radius 1 is 0.857 bits per heavy atom. The van der Waals surface area contributed by atoms with Gasteiger partial charge < -0.3 is 0 Å². The maximum absolute atomic E-state index is 3.51. The molecule has 0 heterocycles. The molecule has 0 aliphatic heterocycles. The van der Waals surface area contributed by atoms with Crippen LogP contribution >= 0.6 is 0 Å². The van der Waals surface area contributed by atoms with E-state index < -0.39 is 0 Å². The highest BCUT2D eigenvalue weighted by Gasteiger charge is 2.51. The summed E-state index contributed by atoms with van der Waals surface area (Å²) in [5.41, 5.74) is 0. The molecule has 4 rings (SSSR count). The Hall–Kier alpha value is -0.610. The van der Waals surface area contributed by atoms with E-state index in [1.165, 1.54) is 25.7 Å². The van der Waals surface area contributed by atoms with Gasteiger partial charge in [0, 0.05) is 18.8 Å². The van der Waals surface area contributed by atoms with Gasteiger partial charge in [0.1, 0.15) is 0 Å². The second-order valence-electron chi connectivity index (χ2n) is 5.77. The average Bonchev–Trinajstić information content (AvgIpc) is 2.96. The van der Waals surface area contributed by atoms with Gasteiger partial charge in [-0.05, 0) is 36.5 Å². The minimum absolute atomic E-state index is 0.841. The lowest BCUT2D eigenvalue weighted by Gasteiger charge is -2.27. The van der Waals surface area contributed by atoms with Crippen LogP contribution in [0.2, 0.25) is 0 Å². The van der Waals surface area contributed by atoms with Crippen LogP contribution in [0.5, 0.6) is 0 Å².